The number of hydrogen-bond donors (Lipinski definition) is 2. The van der Waals surface area contributed by atoms with Gasteiger partial charge in [-0.25, -0.2) is 8.78 Å². The maximum absolute atomic E-state index is 13.7. The lowest BCUT2D eigenvalue weighted by Crippen LogP contribution is -2.25. The summed E-state index contributed by atoms with van der Waals surface area (Å²) in [5.41, 5.74) is 2.36. The predicted octanol–water partition coefficient (Wildman–Crippen LogP) is 4.72. The van der Waals surface area contributed by atoms with Gasteiger partial charge in [0.1, 0.15) is 11.6 Å². The lowest BCUT2D eigenvalue weighted by atomic mass is 9.97. The van der Waals surface area contributed by atoms with Gasteiger partial charge in [-0.2, -0.15) is 0 Å². The molecular weight excluding hydrogens is 336 g/mol. The highest BCUT2D eigenvalue weighted by molar-refractivity contribution is 5.94. The van der Waals surface area contributed by atoms with E-state index in [1.165, 1.54) is 36.9 Å². The molecular formula is C20H21F2N3O. The molecule has 0 unspecified atom stereocenters. The Labute approximate surface area is 151 Å². The average molecular weight is 357 g/mol. The zero-order chi connectivity index (χ0) is 18.4. The molecule has 0 atom stereocenters. The van der Waals surface area contributed by atoms with Crippen molar-refractivity contribution in [2.45, 2.75) is 32.1 Å². The van der Waals surface area contributed by atoms with E-state index in [1.54, 1.807) is 6.07 Å². The summed E-state index contributed by atoms with van der Waals surface area (Å²) in [4.78, 5) is 16.3. The molecule has 1 aromatic heterocycles. The first-order valence-corrected chi connectivity index (χ1v) is 8.75. The Kier molecular flexibility index (Phi) is 5.94. The van der Waals surface area contributed by atoms with Gasteiger partial charge in [0.05, 0.1) is 23.1 Å². The van der Waals surface area contributed by atoms with Crippen LogP contribution in [0.5, 0.6) is 0 Å². The maximum atomic E-state index is 13.7. The van der Waals surface area contributed by atoms with Crippen molar-refractivity contribution in [3.8, 4) is 0 Å². The molecule has 0 saturated carbocycles. The molecule has 136 valence electrons. The van der Waals surface area contributed by atoms with Crippen LogP contribution in [0.15, 0.2) is 48.3 Å². The topological polar surface area (TPSA) is 54.0 Å². The smallest absolute Gasteiger partial charge is 0.252 e. The zero-order valence-corrected chi connectivity index (χ0v) is 14.4. The van der Waals surface area contributed by atoms with Crippen molar-refractivity contribution in [3.05, 3.63) is 65.5 Å². The van der Waals surface area contributed by atoms with Gasteiger partial charge in [0.25, 0.3) is 5.91 Å². The first-order chi connectivity index (χ1) is 12.6. The minimum absolute atomic E-state index is 0.120. The summed E-state index contributed by atoms with van der Waals surface area (Å²) in [5.74, 6) is -1.58. The fraction of sp³-hybridized carbons (Fsp3) is 0.300. The molecule has 0 aliphatic heterocycles. The molecule has 0 spiro atoms. The highest BCUT2D eigenvalue weighted by Gasteiger charge is 2.10. The van der Waals surface area contributed by atoms with Gasteiger partial charge in [-0.1, -0.05) is 11.6 Å². The molecule has 26 heavy (non-hydrogen) atoms. The van der Waals surface area contributed by atoms with E-state index in [-0.39, 0.29) is 11.6 Å². The van der Waals surface area contributed by atoms with Gasteiger partial charge in [-0.3, -0.25) is 9.78 Å². The summed E-state index contributed by atoms with van der Waals surface area (Å²) in [6, 6.07) is 4.85. The number of hydrogen-bond acceptors (Lipinski definition) is 3. The third-order valence-corrected chi connectivity index (χ3v) is 4.33. The predicted molar refractivity (Wildman–Crippen MR) is 97.4 cm³/mol. The van der Waals surface area contributed by atoms with Crippen LogP contribution in [0, 0.1) is 11.6 Å². The molecule has 0 saturated heterocycles. The van der Waals surface area contributed by atoms with Crippen molar-refractivity contribution in [1.29, 1.82) is 0 Å². The Balaban J connectivity index is 1.59. The zero-order valence-electron chi connectivity index (χ0n) is 14.4. The van der Waals surface area contributed by atoms with Crippen LogP contribution in [0.1, 0.15) is 42.5 Å². The van der Waals surface area contributed by atoms with E-state index in [2.05, 4.69) is 21.7 Å². The van der Waals surface area contributed by atoms with Crippen LogP contribution in [0.25, 0.3) is 0 Å². The fourth-order valence-corrected chi connectivity index (χ4v) is 2.95. The standard InChI is InChI=1S/C20H21F2N3O/c21-16-6-7-19(18(22)11-16)25-17-10-15(12-23-13-17)20(26)24-9-8-14-4-2-1-3-5-14/h4,6-7,10-13,25H,1-3,5,8-9H2,(H,24,26). The second-order valence-corrected chi connectivity index (χ2v) is 6.33. The molecule has 2 N–H and O–H groups in total. The summed E-state index contributed by atoms with van der Waals surface area (Å²) < 4.78 is 26.7. The van der Waals surface area contributed by atoms with E-state index in [4.69, 9.17) is 0 Å². The minimum atomic E-state index is -0.708. The van der Waals surface area contributed by atoms with E-state index >= 15 is 0 Å². The number of amides is 1. The fourth-order valence-electron chi connectivity index (χ4n) is 2.95. The van der Waals surface area contributed by atoms with Gasteiger partial charge < -0.3 is 10.6 Å². The van der Waals surface area contributed by atoms with Gasteiger partial charge in [0.2, 0.25) is 0 Å². The average Bonchev–Trinajstić information content (AvgIpc) is 2.65. The van der Waals surface area contributed by atoms with E-state index in [1.807, 2.05) is 0 Å². The van der Waals surface area contributed by atoms with Crippen molar-refractivity contribution < 1.29 is 13.6 Å². The van der Waals surface area contributed by atoms with Crippen molar-refractivity contribution in [3.63, 3.8) is 0 Å². The first kappa shape index (κ1) is 18.0. The summed E-state index contributed by atoms with van der Waals surface area (Å²) in [5, 5.41) is 5.69. The van der Waals surface area contributed by atoms with Crippen molar-refractivity contribution >= 4 is 17.3 Å². The van der Waals surface area contributed by atoms with Crippen molar-refractivity contribution in [2.24, 2.45) is 0 Å². The van der Waals surface area contributed by atoms with Crippen LogP contribution in [0.2, 0.25) is 0 Å². The van der Waals surface area contributed by atoms with Gasteiger partial charge >= 0.3 is 0 Å². The van der Waals surface area contributed by atoms with Crippen LogP contribution in [0.3, 0.4) is 0 Å². The lowest BCUT2D eigenvalue weighted by molar-refractivity contribution is 0.0953. The summed E-state index contributed by atoms with van der Waals surface area (Å²) >= 11 is 0. The van der Waals surface area contributed by atoms with Crippen molar-refractivity contribution in [1.82, 2.24) is 10.3 Å². The highest BCUT2D eigenvalue weighted by Crippen LogP contribution is 2.21. The number of aromatic nitrogens is 1. The Hall–Kier alpha value is -2.76. The molecule has 1 aliphatic rings. The number of nitrogens with zero attached hydrogens (tertiary/aromatic N) is 1. The van der Waals surface area contributed by atoms with Crippen LogP contribution in [-0.2, 0) is 0 Å². The Morgan fingerprint density at radius 2 is 2.04 bits per heavy atom. The van der Waals surface area contributed by atoms with E-state index < -0.39 is 11.6 Å². The number of anilines is 2. The van der Waals surface area contributed by atoms with Crippen molar-refractivity contribution in [2.75, 3.05) is 11.9 Å². The van der Waals surface area contributed by atoms with Crippen LogP contribution >= 0.6 is 0 Å². The number of allylic oxidation sites excluding steroid dienone is 1. The Bertz CT molecular complexity index is 820. The molecule has 1 aliphatic carbocycles. The number of carbonyl (C=O) groups is 1. The Morgan fingerprint density at radius 3 is 2.81 bits per heavy atom. The molecule has 1 heterocycles. The second kappa shape index (κ2) is 8.56. The summed E-state index contributed by atoms with van der Waals surface area (Å²) in [6.07, 6.45) is 10.8. The number of carbonyl (C=O) groups excluding carboxylic acids is 1. The van der Waals surface area contributed by atoms with Gasteiger partial charge in [0, 0.05) is 18.8 Å². The number of rotatable bonds is 6. The van der Waals surface area contributed by atoms with Crippen LogP contribution in [0.4, 0.5) is 20.2 Å². The summed E-state index contributed by atoms with van der Waals surface area (Å²) in [7, 11) is 0. The van der Waals surface area contributed by atoms with Gasteiger partial charge in [-0.05, 0) is 50.3 Å². The van der Waals surface area contributed by atoms with Gasteiger partial charge in [0.15, 0.2) is 0 Å². The molecule has 4 nitrogen and oxygen atoms in total. The number of benzene rings is 1. The van der Waals surface area contributed by atoms with E-state index in [0.29, 0.717) is 17.8 Å². The normalized spacial score (nSPS) is 13.8. The third kappa shape index (κ3) is 4.88. The second-order valence-electron chi connectivity index (χ2n) is 6.33. The molecule has 1 aromatic carbocycles. The molecule has 6 heteroatoms. The van der Waals surface area contributed by atoms with Gasteiger partial charge in [-0.15, -0.1) is 0 Å². The van der Waals surface area contributed by atoms with Crippen LogP contribution in [-0.4, -0.2) is 17.4 Å². The highest BCUT2D eigenvalue weighted by atomic mass is 19.1. The third-order valence-electron chi connectivity index (χ3n) is 4.33. The summed E-state index contributed by atoms with van der Waals surface area (Å²) in [6.45, 7) is 0.578. The minimum Gasteiger partial charge on any atom is -0.352 e. The molecule has 2 aromatic rings. The SMILES string of the molecule is O=C(NCCC1=CCCCC1)c1cncc(Nc2ccc(F)cc2F)c1. The number of nitrogens with one attached hydrogen (secondary N) is 2. The van der Waals surface area contributed by atoms with E-state index in [9.17, 15) is 13.6 Å². The molecule has 0 bridgehead atoms. The van der Waals surface area contributed by atoms with E-state index in [0.717, 1.165) is 31.4 Å². The van der Waals surface area contributed by atoms with Crippen LogP contribution < -0.4 is 10.6 Å². The number of pyridine rings is 1. The number of halogens is 2. The molecule has 0 fully saturated rings. The molecule has 1 amide bonds. The monoisotopic (exact) mass is 357 g/mol. The quantitative estimate of drug-likeness (QED) is 0.735. The maximum Gasteiger partial charge on any atom is 0.252 e. The Morgan fingerprint density at radius 1 is 1.15 bits per heavy atom. The molecule has 0 radical (unpaired) electrons. The largest absolute Gasteiger partial charge is 0.352 e. The molecule has 3 rings (SSSR count). The first-order valence-electron chi connectivity index (χ1n) is 8.75. The lowest BCUT2D eigenvalue weighted by Gasteiger charge is -2.13.